The minimum absolute atomic E-state index is 0. The van der Waals surface area contributed by atoms with Crippen molar-refractivity contribution < 1.29 is 13.2 Å². The molecule has 0 fully saturated rings. The predicted octanol–water partition coefficient (Wildman–Crippen LogP) is 0.740. The molecule has 0 aromatic heterocycles. The third-order valence-electron chi connectivity index (χ3n) is 2.34. The van der Waals surface area contributed by atoms with E-state index in [4.69, 9.17) is 10.9 Å². The fourth-order valence-electron chi connectivity index (χ4n) is 1.28. The first kappa shape index (κ1) is 17.8. The zero-order chi connectivity index (χ0) is 14.1. The first-order chi connectivity index (χ1) is 8.01. The predicted molar refractivity (Wildman–Crippen MR) is 76.7 cm³/mol. The molecule has 0 saturated carbocycles. The summed E-state index contributed by atoms with van der Waals surface area (Å²) in [4.78, 5) is 11.6. The highest BCUT2D eigenvalue weighted by Crippen LogP contribution is 2.19. The number of anilines is 1. The van der Waals surface area contributed by atoms with Gasteiger partial charge in [0, 0.05) is 5.69 Å². The fraction of sp³-hybridized carbons (Fsp3) is 0.364. The molecule has 0 aliphatic rings. The molecule has 0 bridgehead atoms. The summed E-state index contributed by atoms with van der Waals surface area (Å²) in [7, 11) is -3.81. The van der Waals surface area contributed by atoms with Crippen LogP contribution < -0.4 is 16.2 Å². The number of rotatable bonds is 3. The normalized spacial score (nSPS) is 11.6. The summed E-state index contributed by atoms with van der Waals surface area (Å²) in [5, 5.41) is 7.62. The van der Waals surface area contributed by atoms with Gasteiger partial charge in [-0.1, -0.05) is 6.07 Å². The van der Waals surface area contributed by atoms with Crippen molar-refractivity contribution in [3.05, 3.63) is 23.8 Å². The number of halogens is 1. The summed E-state index contributed by atoms with van der Waals surface area (Å²) in [5.41, 5.74) is 5.43. The van der Waals surface area contributed by atoms with Crippen molar-refractivity contribution >= 4 is 34.0 Å². The Hall–Kier alpha value is -1.15. The van der Waals surface area contributed by atoms with Crippen molar-refractivity contribution in [3.8, 4) is 0 Å². The van der Waals surface area contributed by atoms with Gasteiger partial charge in [-0.2, -0.15) is 0 Å². The number of hydrogen-bond donors (Lipinski definition) is 3. The van der Waals surface area contributed by atoms with Crippen LogP contribution >= 0.6 is 12.4 Å². The van der Waals surface area contributed by atoms with E-state index in [2.05, 4.69) is 5.32 Å². The maximum Gasteiger partial charge on any atom is 0.243 e. The monoisotopic (exact) mass is 307 g/mol. The zero-order valence-corrected chi connectivity index (χ0v) is 12.6. The van der Waals surface area contributed by atoms with Crippen molar-refractivity contribution in [3.63, 3.8) is 0 Å². The van der Waals surface area contributed by atoms with Crippen LogP contribution in [0.1, 0.15) is 19.4 Å². The third kappa shape index (κ3) is 4.79. The number of amides is 1. The SMILES string of the molecule is Cc1ccc(NC(=O)C(C)(C)N)cc1S(N)(=O)=O.Cl. The molecule has 0 saturated heterocycles. The average Bonchev–Trinajstić information content (AvgIpc) is 2.17. The summed E-state index contributed by atoms with van der Waals surface area (Å²) in [6.45, 7) is 4.73. The molecule has 5 N–H and O–H groups in total. The summed E-state index contributed by atoms with van der Waals surface area (Å²) >= 11 is 0. The van der Waals surface area contributed by atoms with Gasteiger partial charge in [-0.3, -0.25) is 4.79 Å². The highest BCUT2D eigenvalue weighted by Gasteiger charge is 2.22. The Morgan fingerprint density at radius 2 is 1.84 bits per heavy atom. The number of hydrogen-bond acceptors (Lipinski definition) is 4. The van der Waals surface area contributed by atoms with Gasteiger partial charge in [-0.05, 0) is 38.5 Å². The van der Waals surface area contributed by atoms with Gasteiger partial charge in [0.2, 0.25) is 15.9 Å². The molecule has 0 unspecified atom stereocenters. The quantitative estimate of drug-likeness (QED) is 0.763. The molecule has 0 aliphatic carbocycles. The van der Waals surface area contributed by atoms with Crippen LogP contribution in [0.5, 0.6) is 0 Å². The van der Waals surface area contributed by atoms with Crippen LogP contribution in [0.2, 0.25) is 0 Å². The summed E-state index contributed by atoms with van der Waals surface area (Å²) in [6, 6.07) is 4.47. The van der Waals surface area contributed by atoms with Crippen LogP contribution in [-0.2, 0) is 14.8 Å². The minimum atomic E-state index is -3.81. The molecule has 0 heterocycles. The molecule has 1 amide bonds. The van der Waals surface area contributed by atoms with Crippen molar-refractivity contribution in [1.82, 2.24) is 0 Å². The van der Waals surface area contributed by atoms with E-state index in [1.165, 1.54) is 6.07 Å². The number of aryl methyl sites for hydroxylation is 1. The molecule has 1 rings (SSSR count). The van der Waals surface area contributed by atoms with E-state index in [9.17, 15) is 13.2 Å². The summed E-state index contributed by atoms with van der Waals surface area (Å²) < 4.78 is 22.7. The molecule has 1 aromatic rings. The molecular formula is C11H18ClN3O3S. The number of benzene rings is 1. The Labute approximate surface area is 119 Å². The second kappa shape index (κ2) is 5.87. The smallest absolute Gasteiger partial charge is 0.243 e. The molecule has 6 nitrogen and oxygen atoms in total. The number of carbonyl (C=O) groups is 1. The molecule has 108 valence electrons. The first-order valence-electron chi connectivity index (χ1n) is 5.25. The van der Waals surface area contributed by atoms with E-state index >= 15 is 0 Å². The molecule has 1 aromatic carbocycles. The van der Waals surface area contributed by atoms with Gasteiger partial charge in [0.15, 0.2) is 0 Å². The van der Waals surface area contributed by atoms with Crippen LogP contribution in [-0.4, -0.2) is 19.9 Å². The Bertz CT molecular complexity index is 579. The van der Waals surface area contributed by atoms with Crippen LogP contribution in [0.25, 0.3) is 0 Å². The fourth-order valence-corrected chi connectivity index (χ4v) is 2.08. The maximum atomic E-state index is 11.7. The van der Waals surface area contributed by atoms with Crippen LogP contribution in [0.4, 0.5) is 5.69 Å². The Kier molecular flexibility index (Phi) is 5.52. The van der Waals surface area contributed by atoms with Crippen molar-refractivity contribution in [2.45, 2.75) is 31.2 Å². The van der Waals surface area contributed by atoms with Crippen molar-refractivity contribution in [2.24, 2.45) is 10.9 Å². The third-order valence-corrected chi connectivity index (χ3v) is 3.39. The van der Waals surface area contributed by atoms with E-state index in [-0.39, 0.29) is 17.3 Å². The van der Waals surface area contributed by atoms with Gasteiger partial charge in [0.1, 0.15) is 0 Å². The van der Waals surface area contributed by atoms with E-state index < -0.39 is 21.5 Å². The van der Waals surface area contributed by atoms with E-state index in [0.29, 0.717) is 11.3 Å². The van der Waals surface area contributed by atoms with Gasteiger partial charge in [-0.25, -0.2) is 13.6 Å². The lowest BCUT2D eigenvalue weighted by atomic mass is 10.1. The number of sulfonamides is 1. The Morgan fingerprint density at radius 1 is 1.32 bits per heavy atom. The molecule has 19 heavy (non-hydrogen) atoms. The second-order valence-electron chi connectivity index (χ2n) is 4.70. The number of nitrogens with two attached hydrogens (primary N) is 2. The van der Waals surface area contributed by atoms with Crippen LogP contribution in [0.15, 0.2) is 23.1 Å². The molecular weight excluding hydrogens is 290 g/mol. The highest BCUT2D eigenvalue weighted by atomic mass is 35.5. The van der Waals surface area contributed by atoms with Gasteiger partial charge in [0.05, 0.1) is 10.4 Å². The van der Waals surface area contributed by atoms with Gasteiger partial charge < -0.3 is 11.1 Å². The van der Waals surface area contributed by atoms with Gasteiger partial charge in [0.25, 0.3) is 0 Å². The van der Waals surface area contributed by atoms with E-state index in [1.54, 1.807) is 32.9 Å². The zero-order valence-electron chi connectivity index (χ0n) is 10.9. The molecule has 0 radical (unpaired) electrons. The number of primary sulfonamides is 1. The van der Waals surface area contributed by atoms with Gasteiger partial charge >= 0.3 is 0 Å². The standard InChI is InChI=1S/C11H17N3O3S.ClH/c1-7-4-5-8(6-9(7)18(13,16)17)14-10(15)11(2,3)12;/h4-6H,12H2,1-3H3,(H,14,15)(H2,13,16,17);1H. The van der Waals surface area contributed by atoms with Crippen LogP contribution in [0, 0.1) is 6.92 Å². The molecule has 0 atom stereocenters. The molecule has 0 aliphatic heterocycles. The Morgan fingerprint density at radius 3 is 2.26 bits per heavy atom. The minimum Gasteiger partial charge on any atom is -0.324 e. The molecule has 0 spiro atoms. The largest absolute Gasteiger partial charge is 0.324 e. The lowest BCUT2D eigenvalue weighted by Crippen LogP contribution is -2.45. The van der Waals surface area contributed by atoms with E-state index in [0.717, 1.165) is 0 Å². The maximum absolute atomic E-state index is 11.7. The number of carbonyl (C=O) groups excluding carboxylic acids is 1. The Balaban J connectivity index is 0.00000324. The average molecular weight is 308 g/mol. The van der Waals surface area contributed by atoms with Gasteiger partial charge in [-0.15, -0.1) is 12.4 Å². The molecule has 8 heteroatoms. The van der Waals surface area contributed by atoms with Crippen LogP contribution in [0.3, 0.4) is 0 Å². The first-order valence-corrected chi connectivity index (χ1v) is 6.80. The van der Waals surface area contributed by atoms with Crippen molar-refractivity contribution in [1.29, 1.82) is 0 Å². The van der Waals surface area contributed by atoms with E-state index in [1.807, 2.05) is 0 Å². The lowest BCUT2D eigenvalue weighted by Gasteiger charge is -2.18. The van der Waals surface area contributed by atoms with Crippen molar-refractivity contribution in [2.75, 3.05) is 5.32 Å². The number of nitrogens with one attached hydrogen (secondary N) is 1. The summed E-state index contributed by atoms with van der Waals surface area (Å²) in [5.74, 6) is -0.410. The highest BCUT2D eigenvalue weighted by molar-refractivity contribution is 7.89. The summed E-state index contributed by atoms with van der Waals surface area (Å²) in [6.07, 6.45) is 0. The lowest BCUT2D eigenvalue weighted by molar-refractivity contribution is -0.120. The second-order valence-corrected chi connectivity index (χ2v) is 6.23. The topological polar surface area (TPSA) is 115 Å².